The Morgan fingerprint density at radius 3 is 2.68 bits per heavy atom. The van der Waals surface area contributed by atoms with Crippen LogP contribution in [-0.2, 0) is 0 Å². The van der Waals surface area contributed by atoms with E-state index in [1.807, 2.05) is 23.1 Å². The molecule has 1 saturated carbocycles. The first-order valence-electron chi connectivity index (χ1n) is 9.24. The molecule has 2 fully saturated rings. The van der Waals surface area contributed by atoms with Gasteiger partial charge in [-0.15, -0.1) is 0 Å². The van der Waals surface area contributed by atoms with E-state index in [0.29, 0.717) is 29.6 Å². The molecular formula is C20H18FN5O2. The number of nitrogens with zero attached hydrogens (tertiary/aromatic N) is 5. The summed E-state index contributed by atoms with van der Waals surface area (Å²) in [5.74, 6) is 0.323. The van der Waals surface area contributed by atoms with E-state index >= 15 is 0 Å². The fraction of sp³-hybridized carbons (Fsp3) is 0.300. The first-order chi connectivity index (χ1) is 13.7. The SMILES string of the molecule is O=C(c1ccccc1-n1nccn1)N1CC2CC1[C@H](Oc1ccc(F)cn1)C2. The zero-order chi connectivity index (χ0) is 19.1. The number of amides is 1. The highest BCUT2D eigenvalue weighted by atomic mass is 19.1. The van der Waals surface area contributed by atoms with E-state index in [-0.39, 0.29) is 18.1 Å². The standard InChI is InChI=1S/C20H18FN5O2/c21-14-5-6-19(22-11-14)28-18-10-13-9-17(18)25(12-13)20(27)15-3-1-2-4-16(15)26-23-7-8-24-26/h1-8,11,13,17-18H,9-10,12H2/t13?,17?,18-/m1/s1. The van der Waals surface area contributed by atoms with Crippen LogP contribution in [0.1, 0.15) is 23.2 Å². The maximum absolute atomic E-state index is 13.3. The van der Waals surface area contributed by atoms with Crippen molar-refractivity contribution < 1.29 is 13.9 Å². The normalized spacial score (nSPS) is 23.2. The third-order valence-corrected chi connectivity index (χ3v) is 5.43. The summed E-state index contributed by atoms with van der Waals surface area (Å²) in [6.45, 7) is 0.709. The number of rotatable bonds is 4. The monoisotopic (exact) mass is 379 g/mol. The van der Waals surface area contributed by atoms with Gasteiger partial charge in [0.1, 0.15) is 11.9 Å². The number of carbonyl (C=O) groups is 1. The van der Waals surface area contributed by atoms with Crippen molar-refractivity contribution in [3.05, 3.63) is 66.4 Å². The van der Waals surface area contributed by atoms with Crippen LogP contribution in [0.15, 0.2) is 55.0 Å². The van der Waals surface area contributed by atoms with Gasteiger partial charge in [0.2, 0.25) is 5.88 Å². The number of ether oxygens (including phenoxy) is 1. The minimum atomic E-state index is -0.402. The van der Waals surface area contributed by atoms with Gasteiger partial charge in [0.05, 0.1) is 35.9 Å². The van der Waals surface area contributed by atoms with E-state index < -0.39 is 5.82 Å². The molecule has 1 aliphatic carbocycles. The van der Waals surface area contributed by atoms with Crippen molar-refractivity contribution in [1.29, 1.82) is 0 Å². The molecule has 3 aromatic rings. The number of carbonyl (C=O) groups excluding carboxylic acids is 1. The van der Waals surface area contributed by atoms with Crippen LogP contribution in [-0.4, -0.2) is 49.5 Å². The summed E-state index contributed by atoms with van der Waals surface area (Å²) in [5, 5.41) is 8.31. The Kier molecular flexibility index (Phi) is 4.03. The topological polar surface area (TPSA) is 73.1 Å². The van der Waals surface area contributed by atoms with Crippen molar-refractivity contribution in [3.8, 4) is 11.6 Å². The lowest BCUT2D eigenvalue weighted by Gasteiger charge is -2.33. The molecule has 8 heteroatoms. The molecule has 7 nitrogen and oxygen atoms in total. The average molecular weight is 379 g/mol. The molecule has 28 heavy (non-hydrogen) atoms. The zero-order valence-corrected chi connectivity index (χ0v) is 15.0. The molecule has 2 aliphatic rings. The number of likely N-dealkylation sites (tertiary alicyclic amines) is 1. The Labute approximate surface area is 160 Å². The number of fused-ring (bicyclic) bond motifs is 2. The van der Waals surface area contributed by atoms with Crippen molar-refractivity contribution in [2.45, 2.75) is 25.0 Å². The van der Waals surface area contributed by atoms with Crippen molar-refractivity contribution >= 4 is 5.91 Å². The number of benzene rings is 1. The van der Waals surface area contributed by atoms with Crippen molar-refractivity contribution in [2.75, 3.05) is 6.54 Å². The van der Waals surface area contributed by atoms with E-state index in [2.05, 4.69) is 15.2 Å². The quantitative estimate of drug-likeness (QED) is 0.696. The molecule has 5 rings (SSSR count). The van der Waals surface area contributed by atoms with Gasteiger partial charge in [-0.3, -0.25) is 4.79 Å². The Morgan fingerprint density at radius 2 is 1.93 bits per heavy atom. The number of aromatic nitrogens is 4. The molecule has 0 N–H and O–H groups in total. The van der Waals surface area contributed by atoms with E-state index in [4.69, 9.17) is 4.74 Å². The molecule has 1 aliphatic heterocycles. The summed E-state index contributed by atoms with van der Waals surface area (Å²) >= 11 is 0. The number of halogens is 1. The summed E-state index contributed by atoms with van der Waals surface area (Å²) in [4.78, 5) is 20.6. The third-order valence-electron chi connectivity index (χ3n) is 5.43. The molecule has 142 valence electrons. The number of hydrogen-bond acceptors (Lipinski definition) is 5. The lowest BCUT2D eigenvalue weighted by Crippen LogP contribution is -2.47. The fourth-order valence-corrected chi connectivity index (χ4v) is 4.24. The predicted molar refractivity (Wildman–Crippen MR) is 97.5 cm³/mol. The summed E-state index contributed by atoms with van der Waals surface area (Å²) in [5.41, 5.74) is 1.21. The third kappa shape index (κ3) is 2.90. The fourth-order valence-electron chi connectivity index (χ4n) is 4.24. The summed E-state index contributed by atoms with van der Waals surface area (Å²) in [7, 11) is 0. The molecule has 2 bridgehead atoms. The second-order valence-electron chi connectivity index (χ2n) is 7.17. The lowest BCUT2D eigenvalue weighted by atomic mass is 10.1. The molecule has 1 amide bonds. The first-order valence-corrected chi connectivity index (χ1v) is 9.24. The molecule has 0 spiro atoms. The number of piperidine rings is 1. The van der Waals surface area contributed by atoms with Crippen molar-refractivity contribution in [3.63, 3.8) is 0 Å². The minimum absolute atomic E-state index is 0.0250. The molecule has 3 atom stereocenters. The maximum atomic E-state index is 13.3. The van der Waals surface area contributed by atoms with Gasteiger partial charge in [0, 0.05) is 12.6 Å². The van der Waals surface area contributed by atoms with Crippen LogP contribution in [0, 0.1) is 11.7 Å². The van der Waals surface area contributed by atoms with Gasteiger partial charge >= 0.3 is 0 Å². The van der Waals surface area contributed by atoms with Gasteiger partial charge in [-0.05, 0) is 37.0 Å². The zero-order valence-electron chi connectivity index (χ0n) is 15.0. The van der Waals surface area contributed by atoms with E-state index in [0.717, 1.165) is 19.0 Å². The highest BCUT2D eigenvalue weighted by Crippen LogP contribution is 2.40. The van der Waals surface area contributed by atoms with Crippen LogP contribution in [0.2, 0.25) is 0 Å². The van der Waals surface area contributed by atoms with Crippen molar-refractivity contribution in [2.24, 2.45) is 5.92 Å². The second-order valence-corrected chi connectivity index (χ2v) is 7.17. The average Bonchev–Trinajstić information content (AvgIpc) is 3.46. The molecule has 2 aromatic heterocycles. The first kappa shape index (κ1) is 16.9. The molecule has 1 saturated heterocycles. The number of para-hydroxylation sites is 1. The highest BCUT2D eigenvalue weighted by molar-refractivity contribution is 5.98. The molecule has 0 radical (unpaired) electrons. The smallest absolute Gasteiger partial charge is 0.256 e. The number of pyridine rings is 1. The van der Waals surface area contributed by atoms with Gasteiger partial charge < -0.3 is 9.64 Å². The Balaban J connectivity index is 1.39. The molecule has 1 aromatic carbocycles. The van der Waals surface area contributed by atoms with Crippen LogP contribution in [0.5, 0.6) is 5.88 Å². The van der Waals surface area contributed by atoms with Crippen LogP contribution >= 0.6 is 0 Å². The Bertz CT molecular complexity index is 992. The lowest BCUT2D eigenvalue weighted by molar-refractivity contribution is 0.0466. The summed E-state index contributed by atoms with van der Waals surface area (Å²) in [6, 6.07) is 10.1. The minimum Gasteiger partial charge on any atom is -0.472 e. The summed E-state index contributed by atoms with van der Waals surface area (Å²) in [6.07, 6.45) is 5.93. The van der Waals surface area contributed by atoms with Crippen LogP contribution in [0.4, 0.5) is 4.39 Å². The van der Waals surface area contributed by atoms with E-state index in [9.17, 15) is 9.18 Å². The van der Waals surface area contributed by atoms with Gasteiger partial charge in [-0.2, -0.15) is 15.0 Å². The largest absolute Gasteiger partial charge is 0.472 e. The Hall–Kier alpha value is -3.29. The van der Waals surface area contributed by atoms with Crippen LogP contribution in [0.25, 0.3) is 5.69 Å². The Morgan fingerprint density at radius 1 is 1.11 bits per heavy atom. The van der Waals surface area contributed by atoms with Crippen LogP contribution < -0.4 is 4.74 Å². The molecular weight excluding hydrogens is 361 g/mol. The second kappa shape index (κ2) is 6.70. The molecule has 2 unspecified atom stereocenters. The van der Waals surface area contributed by atoms with E-state index in [1.165, 1.54) is 16.9 Å². The van der Waals surface area contributed by atoms with Gasteiger partial charge in [0.15, 0.2) is 0 Å². The van der Waals surface area contributed by atoms with E-state index in [1.54, 1.807) is 18.5 Å². The molecule has 3 heterocycles. The van der Waals surface area contributed by atoms with Gasteiger partial charge in [-0.1, -0.05) is 12.1 Å². The highest BCUT2D eigenvalue weighted by Gasteiger charge is 2.48. The van der Waals surface area contributed by atoms with Gasteiger partial charge in [0.25, 0.3) is 5.91 Å². The van der Waals surface area contributed by atoms with Crippen LogP contribution in [0.3, 0.4) is 0 Å². The summed E-state index contributed by atoms with van der Waals surface area (Å²) < 4.78 is 19.1. The predicted octanol–water partition coefficient (Wildman–Crippen LogP) is 2.48. The van der Waals surface area contributed by atoms with Crippen molar-refractivity contribution in [1.82, 2.24) is 24.9 Å². The maximum Gasteiger partial charge on any atom is 0.256 e. The number of hydrogen-bond donors (Lipinski definition) is 0. The van der Waals surface area contributed by atoms with Gasteiger partial charge in [-0.25, -0.2) is 9.37 Å².